The van der Waals surface area contributed by atoms with Crippen LogP contribution < -0.4 is 0 Å². The van der Waals surface area contributed by atoms with Crippen LogP contribution in [0.3, 0.4) is 0 Å². The molecule has 0 amide bonds. The zero-order valence-electron chi connectivity index (χ0n) is 9.60. The molecule has 1 aliphatic carbocycles. The highest BCUT2D eigenvalue weighted by Gasteiger charge is 2.36. The summed E-state index contributed by atoms with van der Waals surface area (Å²) in [5, 5.41) is 0. The van der Waals surface area contributed by atoms with E-state index in [0.29, 0.717) is 12.0 Å². The molecule has 78 valence electrons. The molecule has 0 N–H and O–H groups in total. The van der Waals surface area contributed by atoms with Crippen LogP contribution in [0, 0.1) is 5.92 Å². The van der Waals surface area contributed by atoms with E-state index in [4.69, 9.17) is 4.74 Å². The molecule has 0 spiro atoms. The van der Waals surface area contributed by atoms with Crippen molar-refractivity contribution in [3.05, 3.63) is 0 Å². The molecule has 1 nitrogen and oxygen atoms in total. The van der Waals surface area contributed by atoms with Crippen molar-refractivity contribution in [2.75, 3.05) is 0 Å². The van der Waals surface area contributed by atoms with Crippen LogP contribution in [-0.2, 0) is 4.74 Å². The highest BCUT2D eigenvalue weighted by atomic mass is 16.5. The summed E-state index contributed by atoms with van der Waals surface area (Å²) in [5.41, 5.74) is 0.201. The number of ether oxygens (including phenoxy) is 1. The predicted molar refractivity (Wildman–Crippen MR) is 56.9 cm³/mol. The smallest absolute Gasteiger partial charge is 0.0708 e. The molecule has 0 aliphatic heterocycles. The maximum atomic E-state index is 6.14. The Labute approximate surface area is 82.9 Å². The third-order valence-corrected chi connectivity index (χ3v) is 3.22. The Kier molecular flexibility index (Phi) is 3.78. The predicted octanol–water partition coefficient (Wildman–Crippen LogP) is 3.77. The minimum absolute atomic E-state index is 0.201. The summed E-state index contributed by atoms with van der Waals surface area (Å²) in [5.74, 6) is 0.662. The van der Waals surface area contributed by atoms with Crippen molar-refractivity contribution in [2.45, 2.75) is 71.5 Å². The summed E-state index contributed by atoms with van der Waals surface area (Å²) in [4.78, 5) is 0. The Morgan fingerprint density at radius 2 is 1.46 bits per heavy atom. The fraction of sp³-hybridized carbons (Fsp3) is 1.00. The maximum Gasteiger partial charge on any atom is 0.0708 e. The van der Waals surface area contributed by atoms with Crippen molar-refractivity contribution in [3.8, 4) is 0 Å². The highest BCUT2D eigenvalue weighted by molar-refractivity contribution is 4.87. The third-order valence-electron chi connectivity index (χ3n) is 3.22. The lowest BCUT2D eigenvalue weighted by Gasteiger charge is -2.42. The van der Waals surface area contributed by atoms with E-state index in [1.165, 1.54) is 32.1 Å². The number of hydrogen-bond donors (Lipinski definition) is 0. The second kappa shape index (κ2) is 4.45. The van der Waals surface area contributed by atoms with Gasteiger partial charge in [-0.2, -0.15) is 0 Å². The lowest BCUT2D eigenvalue weighted by atomic mass is 9.77. The molecule has 13 heavy (non-hydrogen) atoms. The highest BCUT2D eigenvalue weighted by Crippen LogP contribution is 2.38. The number of hydrogen-bond acceptors (Lipinski definition) is 1. The minimum Gasteiger partial charge on any atom is -0.372 e. The van der Waals surface area contributed by atoms with Crippen LogP contribution in [0.1, 0.15) is 59.8 Å². The number of rotatable bonds is 3. The summed E-state index contributed by atoms with van der Waals surface area (Å²) >= 11 is 0. The van der Waals surface area contributed by atoms with Crippen molar-refractivity contribution >= 4 is 0 Å². The van der Waals surface area contributed by atoms with Crippen LogP contribution in [0.5, 0.6) is 0 Å². The molecule has 1 aliphatic rings. The van der Waals surface area contributed by atoms with Crippen LogP contribution in [-0.4, -0.2) is 11.7 Å². The molecule has 0 bridgehead atoms. The van der Waals surface area contributed by atoms with E-state index >= 15 is 0 Å². The first-order chi connectivity index (χ1) is 6.07. The third kappa shape index (κ3) is 2.70. The SMILES string of the molecule is CC(C)OC1(C(C)C)CCCCC1. The summed E-state index contributed by atoms with van der Waals surface area (Å²) in [6, 6.07) is 0. The quantitative estimate of drug-likeness (QED) is 0.648. The molecule has 0 heterocycles. The second-order valence-electron chi connectivity index (χ2n) is 4.95. The monoisotopic (exact) mass is 184 g/mol. The molecule has 1 fully saturated rings. The fourth-order valence-corrected chi connectivity index (χ4v) is 2.45. The van der Waals surface area contributed by atoms with Gasteiger partial charge in [0.15, 0.2) is 0 Å². The molecule has 0 saturated heterocycles. The lowest BCUT2D eigenvalue weighted by Crippen LogP contribution is -2.42. The zero-order chi connectivity index (χ0) is 9.90. The minimum atomic E-state index is 0.201. The van der Waals surface area contributed by atoms with Gasteiger partial charge in [0.2, 0.25) is 0 Å². The molecular weight excluding hydrogens is 160 g/mol. The van der Waals surface area contributed by atoms with Gasteiger partial charge in [-0.05, 0) is 32.6 Å². The summed E-state index contributed by atoms with van der Waals surface area (Å²) < 4.78 is 6.14. The molecule has 0 radical (unpaired) electrons. The van der Waals surface area contributed by atoms with Crippen LogP contribution in [0.4, 0.5) is 0 Å². The van der Waals surface area contributed by atoms with Crippen molar-refractivity contribution in [3.63, 3.8) is 0 Å². The van der Waals surface area contributed by atoms with Gasteiger partial charge in [0.05, 0.1) is 11.7 Å². The topological polar surface area (TPSA) is 9.23 Å². The van der Waals surface area contributed by atoms with Crippen molar-refractivity contribution in [1.82, 2.24) is 0 Å². The van der Waals surface area contributed by atoms with E-state index in [9.17, 15) is 0 Å². The van der Waals surface area contributed by atoms with Gasteiger partial charge in [-0.1, -0.05) is 33.1 Å². The van der Waals surface area contributed by atoms with E-state index in [2.05, 4.69) is 27.7 Å². The average Bonchev–Trinajstić information content (AvgIpc) is 2.04. The first-order valence-electron chi connectivity index (χ1n) is 5.75. The van der Waals surface area contributed by atoms with Gasteiger partial charge in [0.25, 0.3) is 0 Å². The van der Waals surface area contributed by atoms with E-state index in [-0.39, 0.29) is 5.60 Å². The van der Waals surface area contributed by atoms with Gasteiger partial charge in [-0.15, -0.1) is 0 Å². The Bertz CT molecular complexity index is 143. The molecule has 0 atom stereocenters. The van der Waals surface area contributed by atoms with Crippen LogP contribution in [0.25, 0.3) is 0 Å². The average molecular weight is 184 g/mol. The first-order valence-corrected chi connectivity index (χ1v) is 5.75. The molecule has 0 aromatic rings. The summed E-state index contributed by atoms with van der Waals surface area (Å²) in [7, 11) is 0. The van der Waals surface area contributed by atoms with Gasteiger partial charge in [-0.3, -0.25) is 0 Å². The summed E-state index contributed by atoms with van der Waals surface area (Å²) in [6.07, 6.45) is 7.01. The van der Waals surface area contributed by atoms with E-state index in [1.807, 2.05) is 0 Å². The Morgan fingerprint density at radius 1 is 0.923 bits per heavy atom. The Morgan fingerprint density at radius 3 is 1.85 bits per heavy atom. The van der Waals surface area contributed by atoms with Crippen molar-refractivity contribution in [1.29, 1.82) is 0 Å². The van der Waals surface area contributed by atoms with Crippen LogP contribution in [0.2, 0.25) is 0 Å². The molecular formula is C12H24O. The Balaban J connectivity index is 2.61. The maximum absolute atomic E-state index is 6.14. The first kappa shape index (κ1) is 11.0. The van der Waals surface area contributed by atoms with Gasteiger partial charge in [0, 0.05) is 0 Å². The second-order valence-corrected chi connectivity index (χ2v) is 4.95. The largest absolute Gasteiger partial charge is 0.372 e. The summed E-state index contributed by atoms with van der Waals surface area (Å²) in [6.45, 7) is 8.90. The fourth-order valence-electron chi connectivity index (χ4n) is 2.45. The van der Waals surface area contributed by atoms with Crippen LogP contribution >= 0.6 is 0 Å². The van der Waals surface area contributed by atoms with Crippen LogP contribution in [0.15, 0.2) is 0 Å². The molecule has 0 unspecified atom stereocenters. The van der Waals surface area contributed by atoms with E-state index in [1.54, 1.807) is 0 Å². The van der Waals surface area contributed by atoms with E-state index < -0.39 is 0 Å². The lowest BCUT2D eigenvalue weighted by molar-refractivity contribution is -0.128. The zero-order valence-corrected chi connectivity index (χ0v) is 9.60. The molecule has 0 aromatic carbocycles. The Hall–Kier alpha value is -0.0400. The van der Waals surface area contributed by atoms with Crippen molar-refractivity contribution in [2.24, 2.45) is 5.92 Å². The molecule has 0 aromatic heterocycles. The molecule has 1 saturated carbocycles. The van der Waals surface area contributed by atoms with Crippen molar-refractivity contribution < 1.29 is 4.74 Å². The molecule has 1 heteroatoms. The van der Waals surface area contributed by atoms with Gasteiger partial charge >= 0.3 is 0 Å². The van der Waals surface area contributed by atoms with Gasteiger partial charge in [0.1, 0.15) is 0 Å². The van der Waals surface area contributed by atoms with E-state index in [0.717, 1.165) is 0 Å². The van der Waals surface area contributed by atoms with Gasteiger partial charge in [-0.25, -0.2) is 0 Å². The van der Waals surface area contributed by atoms with Gasteiger partial charge < -0.3 is 4.74 Å². The molecule has 1 rings (SSSR count). The normalized spacial score (nSPS) is 22.6. The standard InChI is InChI=1S/C12H24O/c1-10(2)12(13-11(3)4)8-6-5-7-9-12/h10-11H,5-9H2,1-4H3.